The molecule has 2 aliphatic rings. The maximum absolute atomic E-state index is 13.6. The van der Waals surface area contributed by atoms with Crippen LogP contribution in [-0.2, 0) is 21.2 Å². The fraction of sp³-hybridized carbons (Fsp3) is 0.708. The van der Waals surface area contributed by atoms with Gasteiger partial charge in [-0.2, -0.15) is 4.31 Å². The molecule has 0 radical (unpaired) electrons. The summed E-state index contributed by atoms with van der Waals surface area (Å²) in [6, 6.07) is 0. The molecule has 36 heavy (non-hydrogen) atoms. The molecule has 0 aliphatic carbocycles. The van der Waals surface area contributed by atoms with Gasteiger partial charge in [-0.3, -0.25) is 4.79 Å². The number of thiol groups is 4. The van der Waals surface area contributed by atoms with Gasteiger partial charge in [-0.15, -0.1) is 50.5 Å². The summed E-state index contributed by atoms with van der Waals surface area (Å²) in [5.74, 6) is -0.0734. The van der Waals surface area contributed by atoms with Crippen molar-refractivity contribution in [3.05, 3.63) is 5.56 Å². The van der Waals surface area contributed by atoms with Crippen molar-refractivity contribution in [1.29, 1.82) is 0 Å². The number of primary amides is 1. The van der Waals surface area contributed by atoms with Crippen molar-refractivity contribution < 1.29 is 13.2 Å². The van der Waals surface area contributed by atoms with Crippen LogP contribution >= 0.6 is 50.5 Å². The molecule has 2 saturated heterocycles. The molecule has 0 bridgehead atoms. The summed E-state index contributed by atoms with van der Waals surface area (Å²) < 4.78 is 27.2. The van der Waals surface area contributed by atoms with Gasteiger partial charge < -0.3 is 15.5 Å². The van der Waals surface area contributed by atoms with Gasteiger partial charge in [0.25, 0.3) is 0 Å². The SMILES string of the molecule is CC(C)CCCCc1c(S)c(S)c(N2CCN(S(=O)(=O)C3(C(N)=O)CCN(C)CC3)CC2)c(S)c1S. The number of rotatable bonds is 9. The average Bonchev–Trinajstić information content (AvgIpc) is 2.83. The van der Waals surface area contributed by atoms with E-state index in [1.54, 1.807) is 0 Å². The van der Waals surface area contributed by atoms with E-state index < -0.39 is 20.7 Å². The smallest absolute Gasteiger partial charge is 0.240 e. The van der Waals surface area contributed by atoms with Crippen LogP contribution in [0.15, 0.2) is 19.6 Å². The number of carbonyl (C=O) groups is 1. The Hall–Kier alpha value is -0.240. The van der Waals surface area contributed by atoms with Gasteiger partial charge in [0.1, 0.15) is 0 Å². The summed E-state index contributed by atoms with van der Waals surface area (Å²) in [4.78, 5) is 19.6. The van der Waals surface area contributed by atoms with E-state index in [0.717, 1.165) is 50.1 Å². The summed E-state index contributed by atoms with van der Waals surface area (Å²) in [5, 5.41) is 0. The number of nitrogens with zero attached hydrogens (tertiary/aromatic N) is 3. The van der Waals surface area contributed by atoms with Gasteiger partial charge >= 0.3 is 0 Å². The van der Waals surface area contributed by atoms with Crippen LogP contribution in [0.3, 0.4) is 0 Å². The number of sulfonamides is 1. The highest BCUT2D eigenvalue weighted by Gasteiger charge is 2.53. The quantitative estimate of drug-likeness (QED) is 0.224. The van der Waals surface area contributed by atoms with E-state index in [1.807, 2.05) is 11.9 Å². The number of likely N-dealkylation sites (tertiary alicyclic amines) is 1. The van der Waals surface area contributed by atoms with E-state index in [2.05, 4.69) is 18.7 Å². The average molecular weight is 593 g/mol. The van der Waals surface area contributed by atoms with Gasteiger partial charge in [0.15, 0.2) is 4.75 Å². The molecule has 0 atom stereocenters. The largest absolute Gasteiger partial charge is 0.368 e. The molecule has 0 unspecified atom stereocenters. The van der Waals surface area contributed by atoms with Crippen LogP contribution < -0.4 is 10.6 Å². The zero-order valence-corrected chi connectivity index (χ0v) is 25.8. The molecule has 7 nitrogen and oxygen atoms in total. The monoisotopic (exact) mass is 592 g/mol. The molecule has 204 valence electrons. The number of benzene rings is 1. The summed E-state index contributed by atoms with van der Waals surface area (Å²) in [7, 11) is -1.98. The molecule has 3 rings (SSSR count). The van der Waals surface area contributed by atoms with E-state index >= 15 is 0 Å². The van der Waals surface area contributed by atoms with Gasteiger partial charge in [0.05, 0.1) is 5.69 Å². The van der Waals surface area contributed by atoms with Crippen LogP contribution in [0.4, 0.5) is 5.69 Å². The van der Waals surface area contributed by atoms with Crippen LogP contribution in [0.1, 0.15) is 51.5 Å². The fourth-order valence-electron chi connectivity index (χ4n) is 5.14. The van der Waals surface area contributed by atoms with Crippen LogP contribution in [0, 0.1) is 5.92 Å². The first kappa shape index (κ1) is 30.3. The first-order valence-corrected chi connectivity index (χ1v) is 15.8. The van der Waals surface area contributed by atoms with Crippen molar-refractivity contribution >= 4 is 72.1 Å². The lowest BCUT2D eigenvalue weighted by molar-refractivity contribution is -0.121. The molecule has 0 saturated carbocycles. The zero-order chi connectivity index (χ0) is 26.8. The van der Waals surface area contributed by atoms with Crippen LogP contribution in [0.5, 0.6) is 0 Å². The second-order valence-electron chi connectivity index (χ2n) is 10.4. The number of amides is 1. The van der Waals surface area contributed by atoms with Gasteiger partial charge in [-0.1, -0.05) is 26.7 Å². The van der Waals surface area contributed by atoms with Crippen molar-refractivity contribution in [3.8, 4) is 0 Å². The van der Waals surface area contributed by atoms with E-state index in [9.17, 15) is 13.2 Å². The lowest BCUT2D eigenvalue weighted by Gasteiger charge is -2.43. The van der Waals surface area contributed by atoms with Gasteiger partial charge in [-0.05, 0) is 57.3 Å². The maximum Gasteiger partial charge on any atom is 0.240 e. The molecular formula is C24H40N4O3S5. The lowest BCUT2D eigenvalue weighted by Crippen LogP contribution is -2.62. The van der Waals surface area contributed by atoms with Gasteiger partial charge in [0.2, 0.25) is 15.9 Å². The van der Waals surface area contributed by atoms with E-state index in [1.165, 1.54) is 10.7 Å². The molecule has 2 aliphatic heterocycles. The Balaban J connectivity index is 1.77. The Kier molecular flexibility index (Phi) is 10.4. The van der Waals surface area contributed by atoms with Gasteiger partial charge in [0, 0.05) is 45.8 Å². The third kappa shape index (κ3) is 5.99. The molecule has 2 N–H and O–H groups in total. The lowest BCUT2D eigenvalue weighted by atomic mass is 9.95. The third-order valence-corrected chi connectivity index (χ3v) is 12.4. The number of unbranched alkanes of at least 4 members (excludes halogenated alkanes) is 1. The molecule has 1 aromatic rings. The number of piperazine rings is 1. The minimum atomic E-state index is -3.90. The Morgan fingerprint density at radius 1 is 0.917 bits per heavy atom. The highest BCUT2D eigenvalue weighted by molar-refractivity contribution is 7.91. The predicted octanol–water partition coefficient (Wildman–Crippen LogP) is 3.61. The minimum absolute atomic E-state index is 0.216. The predicted molar refractivity (Wildman–Crippen MR) is 159 cm³/mol. The highest BCUT2D eigenvalue weighted by Crippen LogP contribution is 2.44. The second-order valence-corrected chi connectivity index (χ2v) is 14.5. The number of hydrogen-bond donors (Lipinski definition) is 5. The van der Waals surface area contributed by atoms with Crippen LogP contribution in [0.2, 0.25) is 0 Å². The number of piperidine rings is 1. The first-order chi connectivity index (χ1) is 16.8. The standard InChI is InChI=1S/C24H40N4O3S5/c1-16(2)6-4-5-7-17-19(32)21(34)18(22(35)20(17)33)27-12-14-28(15-13-27)36(30,31)24(23(25)29)8-10-26(3)11-9-24/h16,32-35H,4-15H2,1-3H3,(H2,25,29). The summed E-state index contributed by atoms with van der Waals surface area (Å²) in [5.41, 5.74) is 7.57. The normalized spacial score (nSPS) is 19.7. The number of anilines is 1. The number of carbonyl (C=O) groups excluding carboxylic acids is 1. The van der Waals surface area contributed by atoms with Crippen LogP contribution in [-0.4, -0.2) is 74.6 Å². The summed E-state index contributed by atoms with van der Waals surface area (Å²) >= 11 is 19.2. The van der Waals surface area contributed by atoms with Crippen molar-refractivity contribution in [1.82, 2.24) is 9.21 Å². The Morgan fingerprint density at radius 2 is 1.44 bits per heavy atom. The number of nitrogens with two attached hydrogens (primary N) is 1. The zero-order valence-electron chi connectivity index (χ0n) is 21.4. The molecule has 2 heterocycles. The van der Waals surface area contributed by atoms with Crippen molar-refractivity contribution in [2.24, 2.45) is 11.7 Å². The molecule has 2 fully saturated rings. The highest BCUT2D eigenvalue weighted by atomic mass is 32.2. The summed E-state index contributed by atoms with van der Waals surface area (Å²) in [6.45, 7) is 6.91. The molecular weight excluding hydrogens is 553 g/mol. The molecule has 1 amide bonds. The topological polar surface area (TPSA) is 87.0 Å². The van der Waals surface area contributed by atoms with Crippen molar-refractivity contribution in [2.45, 2.75) is 76.7 Å². The molecule has 12 heteroatoms. The van der Waals surface area contributed by atoms with E-state index in [-0.39, 0.29) is 25.9 Å². The maximum atomic E-state index is 13.6. The fourth-order valence-corrected chi connectivity index (χ4v) is 8.84. The van der Waals surface area contributed by atoms with Gasteiger partial charge in [-0.25, -0.2) is 8.42 Å². The molecule has 0 spiro atoms. The van der Waals surface area contributed by atoms with Crippen molar-refractivity contribution in [2.75, 3.05) is 51.2 Å². The Morgan fingerprint density at radius 3 is 1.92 bits per heavy atom. The first-order valence-electron chi connectivity index (χ1n) is 12.5. The third-order valence-electron chi connectivity index (χ3n) is 7.56. The minimum Gasteiger partial charge on any atom is -0.368 e. The van der Waals surface area contributed by atoms with Crippen molar-refractivity contribution in [3.63, 3.8) is 0 Å². The van der Waals surface area contributed by atoms with E-state index in [4.69, 9.17) is 56.2 Å². The van der Waals surface area contributed by atoms with Crippen LogP contribution in [0.25, 0.3) is 0 Å². The Bertz CT molecular complexity index is 1030. The molecule has 0 aromatic heterocycles. The summed E-state index contributed by atoms with van der Waals surface area (Å²) in [6.07, 6.45) is 4.67. The number of hydrogen-bond acceptors (Lipinski definition) is 9. The Labute approximate surface area is 238 Å². The van der Waals surface area contributed by atoms with E-state index in [0.29, 0.717) is 32.1 Å². The second kappa shape index (κ2) is 12.3. The molecule has 1 aromatic carbocycles.